The third-order valence-corrected chi connectivity index (χ3v) is 7.14. The van der Waals surface area contributed by atoms with Crippen LogP contribution >= 0.6 is 0 Å². The van der Waals surface area contributed by atoms with Crippen LogP contribution in [0.15, 0.2) is 81.6 Å². The number of aromatic nitrogens is 2. The molecule has 0 aliphatic carbocycles. The average Bonchev–Trinajstić information content (AvgIpc) is 3.46. The molecule has 160 valence electrons. The first-order chi connectivity index (χ1) is 16.7. The Morgan fingerprint density at radius 2 is 0.912 bits per heavy atom. The molecule has 0 saturated heterocycles. The number of rotatable bonds is 0. The van der Waals surface area contributed by atoms with Crippen molar-refractivity contribution in [2.45, 2.75) is 13.8 Å². The van der Waals surface area contributed by atoms with E-state index < -0.39 is 0 Å². The van der Waals surface area contributed by atoms with Crippen LogP contribution in [0.5, 0.6) is 0 Å². The van der Waals surface area contributed by atoms with Crippen molar-refractivity contribution >= 4 is 76.7 Å². The molecule has 0 amide bonds. The molecule has 4 aromatic carbocycles. The van der Waals surface area contributed by atoms with Crippen LogP contribution in [-0.4, -0.2) is 9.97 Å². The van der Waals surface area contributed by atoms with Crippen molar-refractivity contribution in [2.24, 2.45) is 0 Å². The molecular formula is C30H18N2O2. The van der Waals surface area contributed by atoms with Gasteiger partial charge in [0, 0.05) is 21.5 Å². The van der Waals surface area contributed by atoms with Gasteiger partial charge in [-0.3, -0.25) is 0 Å². The fourth-order valence-corrected chi connectivity index (χ4v) is 5.47. The van der Waals surface area contributed by atoms with E-state index in [0.717, 1.165) is 65.3 Å². The topological polar surface area (TPSA) is 52.1 Å². The van der Waals surface area contributed by atoms with Crippen molar-refractivity contribution in [3.8, 4) is 0 Å². The summed E-state index contributed by atoms with van der Waals surface area (Å²) < 4.78 is 12.5. The Balaban J connectivity index is 1.73. The lowest BCUT2D eigenvalue weighted by atomic mass is 9.98. The Kier molecular flexibility index (Phi) is 3.24. The standard InChI is InChI=1S/C30H18N2O2/c1-15-3-13-21-27-23(15)17-5-7-19(8-6-17)26-25(18-9-11-20(12-10-18)29(31-27)33-21)24-16(2)4-14-22-28(24)32-30(26)34-22/h3-14H,1-2H3. The summed E-state index contributed by atoms with van der Waals surface area (Å²) in [6.45, 7) is 4.26. The summed E-state index contributed by atoms with van der Waals surface area (Å²) in [5.41, 5.74) is 7.08. The van der Waals surface area contributed by atoms with Crippen LogP contribution < -0.4 is 0 Å². The van der Waals surface area contributed by atoms with Crippen LogP contribution in [0.25, 0.3) is 76.7 Å². The zero-order valence-electron chi connectivity index (χ0n) is 18.6. The molecule has 34 heavy (non-hydrogen) atoms. The van der Waals surface area contributed by atoms with E-state index in [1.807, 2.05) is 12.1 Å². The number of aryl methyl sites for hydroxylation is 2. The average molecular weight is 438 g/mol. The van der Waals surface area contributed by atoms with E-state index in [-0.39, 0.29) is 0 Å². The van der Waals surface area contributed by atoms with Crippen LogP contribution in [0.4, 0.5) is 0 Å². The Bertz CT molecular complexity index is 2110. The molecule has 4 heteroatoms. The predicted octanol–water partition coefficient (Wildman–Crippen LogP) is 8.35. The van der Waals surface area contributed by atoms with Gasteiger partial charge in [0.15, 0.2) is 11.2 Å². The Hall–Kier alpha value is -4.44. The highest BCUT2D eigenvalue weighted by atomic mass is 16.3. The van der Waals surface area contributed by atoms with Gasteiger partial charge in [0.25, 0.3) is 0 Å². The van der Waals surface area contributed by atoms with Crippen LogP contribution in [0, 0.1) is 13.8 Å². The zero-order valence-corrected chi connectivity index (χ0v) is 18.6. The Morgan fingerprint density at radius 1 is 0.441 bits per heavy atom. The first-order valence-corrected chi connectivity index (χ1v) is 11.4. The molecule has 11 aromatic rings. The first kappa shape index (κ1) is 18.0. The van der Waals surface area contributed by atoms with E-state index in [9.17, 15) is 0 Å². The van der Waals surface area contributed by atoms with Gasteiger partial charge < -0.3 is 8.83 Å². The van der Waals surface area contributed by atoms with Gasteiger partial charge in [0.05, 0.1) is 5.39 Å². The largest absolute Gasteiger partial charge is 0.436 e. The van der Waals surface area contributed by atoms with Crippen LogP contribution in [0.1, 0.15) is 11.1 Å². The molecule has 8 bridgehead atoms. The molecule has 4 nitrogen and oxygen atoms in total. The number of hydrogen-bond donors (Lipinski definition) is 0. The molecule has 0 spiro atoms. The fourth-order valence-electron chi connectivity index (χ4n) is 5.47. The number of pyridine rings is 1. The normalized spacial score (nSPS) is 12.4. The minimum absolute atomic E-state index is 0.633. The second-order valence-electron chi connectivity index (χ2n) is 9.15. The van der Waals surface area contributed by atoms with Gasteiger partial charge in [-0.05, 0) is 65.4 Å². The van der Waals surface area contributed by atoms with Crippen molar-refractivity contribution in [3.63, 3.8) is 0 Å². The van der Waals surface area contributed by atoms with Crippen molar-refractivity contribution in [1.82, 2.24) is 9.97 Å². The molecule has 7 heterocycles. The van der Waals surface area contributed by atoms with Crippen LogP contribution in [0.3, 0.4) is 0 Å². The van der Waals surface area contributed by atoms with Crippen molar-refractivity contribution < 1.29 is 8.83 Å². The molecule has 0 saturated carbocycles. The first-order valence-electron chi connectivity index (χ1n) is 11.4. The van der Waals surface area contributed by atoms with Gasteiger partial charge in [0.1, 0.15) is 11.0 Å². The SMILES string of the molecule is Cc1ccc2oc3nc2c1c1ccc(cc1)c1c2nc4c(ccc(C)c4c1c1ccc3cc1)o2. The summed E-state index contributed by atoms with van der Waals surface area (Å²) in [5.74, 6) is 0. The molecule has 11 rings (SSSR count). The van der Waals surface area contributed by atoms with E-state index in [2.05, 4.69) is 74.5 Å². The minimum Gasteiger partial charge on any atom is -0.436 e. The fraction of sp³-hybridized carbons (Fsp3) is 0.0667. The van der Waals surface area contributed by atoms with Crippen LogP contribution in [0.2, 0.25) is 0 Å². The maximum absolute atomic E-state index is 6.25. The second kappa shape index (κ2) is 6.12. The summed E-state index contributed by atoms with van der Waals surface area (Å²) in [7, 11) is 0. The summed E-state index contributed by atoms with van der Waals surface area (Å²) in [5, 5.41) is 8.68. The van der Waals surface area contributed by atoms with Crippen molar-refractivity contribution in [3.05, 3.63) is 83.9 Å². The van der Waals surface area contributed by atoms with E-state index >= 15 is 0 Å². The van der Waals surface area contributed by atoms with Gasteiger partial charge in [-0.2, -0.15) is 0 Å². The summed E-state index contributed by atoms with van der Waals surface area (Å²) in [6, 6.07) is 25.4. The Morgan fingerprint density at radius 3 is 1.59 bits per heavy atom. The molecule has 0 aliphatic heterocycles. The second-order valence-corrected chi connectivity index (χ2v) is 9.15. The molecule has 0 atom stereocenters. The molecule has 0 aliphatic rings. The van der Waals surface area contributed by atoms with Gasteiger partial charge in [-0.15, -0.1) is 0 Å². The zero-order chi connectivity index (χ0) is 22.6. The third kappa shape index (κ3) is 2.22. The highest BCUT2D eigenvalue weighted by molar-refractivity contribution is 6.26. The summed E-state index contributed by atoms with van der Waals surface area (Å²) >= 11 is 0. The summed E-state index contributed by atoms with van der Waals surface area (Å²) in [6.07, 6.45) is 0. The lowest BCUT2D eigenvalue weighted by Crippen LogP contribution is -1.85. The number of benzene rings is 4. The number of fused-ring (bicyclic) bond motifs is 1. The number of nitrogens with zero attached hydrogens (tertiary/aromatic N) is 2. The quantitative estimate of drug-likeness (QED) is 0.239. The maximum Gasteiger partial charge on any atom is 0.228 e. The lowest BCUT2D eigenvalue weighted by molar-refractivity contribution is 0.663. The Labute approximate surface area is 193 Å². The smallest absolute Gasteiger partial charge is 0.228 e. The molecule has 0 unspecified atom stereocenters. The monoisotopic (exact) mass is 438 g/mol. The molecule has 0 radical (unpaired) electrons. The summed E-state index contributed by atoms with van der Waals surface area (Å²) in [4.78, 5) is 9.81. The highest BCUT2D eigenvalue weighted by Crippen LogP contribution is 2.39. The molecule has 7 aromatic heterocycles. The van der Waals surface area contributed by atoms with Crippen molar-refractivity contribution in [2.75, 3.05) is 0 Å². The van der Waals surface area contributed by atoms with E-state index in [1.165, 1.54) is 11.1 Å². The molecule has 0 fully saturated rings. The minimum atomic E-state index is 0.633. The van der Waals surface area contributed by atoms with Crippen molar-refractivity contribution in [1.29, 1.82) is 0 Å². The van der Waals surface area contributed by atoms with Gasteiger partial charge in [-0.25, -0.2) is 9.97 Å². The van der Waals surface area contributed by atoms with E-state index in [1.54, 1.807) is 0 Å². The highest BCUT2D eigenvalue weighted by Gasteiger charge is 2.17. The lowest BCUT2D eigenvalue weighted by Gasteiger charge is -2.06. The third-order valence-electron chi connectivity index (χ3n) is 7.14. The van der Waals surface area contributed by atoms with Gasteiger partial charge in [0.2, 0.25) is 11.4 Å². The van der Waals surface area contributed by atoms with Gasteiger partial charge in [-0.1, -0.05) is 48.5 Å². The maximum atomic E-state index is 6.25. The van der Waals surface area contributed by atoms with E-state index in [4.69, 9.17) is 18.8 Å². The molecular weight excluding hydrogens is 420 g/mol. The number of hydrogen-bond acceptors (Lipinski definition) is 4. The van der Waals surface area contributed by atoms with Gasteiger partial charge >= 0.3 is 0 Å². The number of oxazole rings is 2. The molecule has 0 N–H and O–H groups in total. The predicted molar refractivity (Wildman–Crippen MR) is 139 cm³/mol. The van der Waals surface area contributed by atoms with Crippen LogP contribution in [-0.2, 0) is 0 Å². The van der Waals surface area contributed by atoms with E-state index in [0.29, 0.717) is 11.4 Å².